The number of hydrogen-bond acceptors (Lipinski definition) is 3. The zero-order valence-corrected chi connectivity index (χ0v) is 9.98. The molecular formula is C10H11ClFNO2S. The average Bonchev–Trinajstić information content (AvgIpc) is 2.17. The lowest BCUT2D eigenvalue weighted by molar-refractivity contribution is 0.503. The highest BCUT2D eigenvalue weighted by Crippen LogP contribution is 2.18. The van der Waals surface area contributed by atoms with Crippen LogP contribution < -0.4 is 5.32 Å². The second-order valence-corrected chi connectivity index (χ2v) is 6.43. The van der Waals surface area contributed by atoms with Crippen molar-refractivity contribution in [1.82, 2.24) is 5.32 Å². The van der Waals surface area contributed by atoms with Crippen LogP contribution in [0.25, 0.3) is 0 Å². The third kappa shape index (κ3) is 2.53. The van der Waals surface area contributed by atoms with Gasteiger partial charge in [-0.05, 0) is 6.07 Å². The molecule has 0 radical (unpaired) electrons. The maximum absolute atomic E-state index is 13.4. The monoisotopic (exact) mass is 263 g/mol. The number of nitrogens with one attached hydrogen (secondary N) is 1. The third-order valence-electron chi connectivity index (χ3n) is 2.52. The van der Waals surface area contributed by atoms with Crippen molar-refractivity contribution in [2.24, 2.45) is 0 Å². The molecule has 1 heterocycles. The molecule has 0 atom stereocenters. The van der Waals surface area contributed by atoms with E-state index in [1.54, 1.807) is 12.1 Å². The SMILES string of the molecule is O=S1(=O)CC(NCc2cccc(Cl)c2F)C1. The van der Waals surface area contributed by atoms with Crippen LogP contribution in [0.3, 0.4) is 0 Å². The molecule has 0 amide bonds. The minimum absolute atomic E-state index is 0.0663. The van der Waals surface area contributed by atoms with E-state index in [1.165, 1.54) is 6.07 Å². The topological polar surface area (TPSA) is 46.2 Å². The maximum Gasteiger partial charge on any atom is 0.153 e. The Bertz CT molecular complexity index is 492. The summed E-state index contributed by atoms with van der Waals surface area (Å²) >= 11 is 5.62. The van der Waals surface area contributed by atoms with E-state index in [2.05, 4.69) is 5.32 Å². The van der Waals surface area contributed by atoms with E-state index >= 15 is 0 Å². The second-order valence-electron chi connectivity index (χ2n) is 3.87. The minimum atomic E-state index is -2.84. The van der Waals surface area contributed by atoms with Crippen LogP contribution in [0.2, 0.25) is 5.02 Å². The minimum Gasteiger partial charge on any atom is -0.308 e. The standard InChI is InChI=1S/C10H11ClFNO2S/c11-9-3-1-2-7(10(9)12)4-13-8-5-16(14,15)6-8/h1-3,8,13H,4-6H2. The molecule has 0 aliphatic carbocycles. The van der Waals surface area contributed by atoms with Gasteiger partial charge in [0, 0.05) is 18.2 Å². The zero-order valence-electron chi connectivity index (χ0n) is 8.41. The number of hydrogen-bond donors (Lipinski definition) is 1. The quantitative estimate of drug-likeness (QED) is 0.896. The second kappa shape index (κ2) is 4.31. The first-order valence-corrected chi connectivity index (χ1v) is 7.04. The maximum atomic E-state index is 13.4. The fourth-order valence-corrected chi connectivity index (χ4v) is 3.18. The summed E-state index contributed by atoms with van der Waals surface area (Å²) in [6.07, 6.45) is 0. The molecule has 1 fully saturated rings. The molecule has 1 N–H and O–H groups in total. The van der Waals surface area contributed by atoms with E-state index in [1.807, 2.05) is 0 Å². The molecule has 88 valence electrons. The van der Waals surface area contributed by atoms with Crippen LogP contribution in [-0.2, 0) is 16.4 Å². The molecule has 1 aromatic carbocycles. The van der Waals surface area contributed by atoms with Crippen LogP contribution >= 0.6 is 11.6 Å². The van der Waals surface area contributed by atoms with Crippen molar-refractivity contribution < 1.29 is 12.8 Å². The molecule has 1 aliphatic heterocycles. The van der Waals surface area contributed by atoms with Crippen LogP contribution in [-0.4, -0.2) is 26.0 Å². The largest absolute Gasteiger partial charge is 0.308 e. The Kier molecular flexibility index (Phi) is 3.19. The summed E-state index contributed by atoms with van der Waals surface area (Å²) in [5.41, 5.74) is 0.455. The van der Waals surface area contributed by atoms with Gasteiger partial charge in [0.2, 0.25) is 0 Å². The number of rotatable bonds is 3. The Labute approximate surface area is 98.5 Å². The van der Waals surface area contributed by atoms with Gasteiger partial charge in [-0.25, -0.2) is 12.8 Å². The first-order valence-electron chi connectivity index (χ1n) is 4.84. The lowest BCUT2D eigenvalue weighted by atomic mass is 10.2. The zero-order chi connectivity index (χ0) is 11.8. The Morgan fingerprint density at radius 3 is 2.75 bits per heavy atom. The van der Waals surface area contributed by atoms with Crippen LogP contribution in [0.5, 0.6) is 0 Å². The van der Waals surface area contributed by atoms with Gasteiger partial charge < -0.3 is 5.32 Å². The van der Waals surface area contributed by atoms with Gasteiger partial charge in [-0.2, -0.15) is 0 Å². The van der Waals surface area contributed by atoms with Crippen LogP contribution in [0, 0.1) is 5.82 Å². The number of benzene rings is 1. The molecule has 6 heteroatoms. The van der Waals surface area contributed by atoms with Crippen molar-refractivity contribution in [2.75, 3.05) is 11.5 Å². The molecular weight excluding hydrogens is 253 g/mol. The molecule has 16 heavy (non-hydrogen) atoms. The fourth-order valence-electron chi connectivity index (χ4n) is 1.62. The predicted octanol–water partition coefficient (Wildman–Crippen LogP) is 1.37. The van der Waals surface area contributed by atoms with Gasteiger partial charge in [-0.3, -0.25) is 0 Å². The normalized spacial score (nSPS) is 19.4. The lowest BCUT2D eigenvalue weighted by Gasteiger charge is -2.26. The van der Waals surface area contributed by atoms with Gasteiger partial charge in [0.15, 0.2) is 9.84 Å². The molecule has 0 aromatic heterocycles. The highest BCUT2D eigenvalue weighted by molar-refractivity contribution is 7.92. The molecule has 1 aliphatic rings. The molecule has 1 aromatic rings. The Hall–Kier alpha value is -0.650. The molecule has 0 unspecified atom stereocenters. The van der Waals surface area contributed by atoms with E-state index in [9.17, 15) is 12.8 Å². The lowest BCUT2D eigenvalue weighted by Crippen LogP contribution is -2.50. The Morgan fingerprint density at radius 2 is 2.12 bits per heavy atom. The van der Waals surface area contributed by atoms with Gasteiger partial charge in [0.25, 0.3) is 0 Å². The van der Waals surface area contributed by atoms with Crippen molar-refractivity contribution in [3.05, 3.63) is 34.6 Å². The smallest absolute Gasteiger partial charge is 0.153 e. The molecule has 3 nitrogen and oxygen atoms in total. The number of sulfone groups is 1. The van der Waals surface area contributed by atoms with Gasteiger partial charge >= 0.3 is 0 Å². The molecule has 2 rings (SSSR count). The predicted molar refractivity (Wildman–Crippen MR) is 60.7 cm³/mol. The average molecular weight is 264 g/mol. The van der Waals surface area contributed by atoms with Crippen molar-refractivity contribution in [3.63, 3.8) is 0 Å². The molecule has 1 saturated heterocycles. The van der Waals surface area contributed by atoms with E-state index in [0.29, 0.717) is 12.1 Å². The summed E-state index contributed by atoms with van der Waals surface area (Å²) in [5, 5.41) is 3.07. The van der Waals surface area contributed by atoms with Crippen molar-refractivity contribution in [1.29, 1.82) is 0 Å². The first kappa shape index (κ1) is 11.8. The van der Waals surface area contributed by atoms with Gasteiger partial charge in [-0.15, -0.1) is 0 Å². The summed E-state index contributed by atoms with van der Waals surface area (Å²) in [4.78, 5) is 0. The molecule has 0 spiro atoms. The summed E-state index contributed by atoms with van der Waals surface area (Å²) in [6.45, 7) is 0.298. The summed E-state index contributed by atoms with van der Waals surface area (Å²) in [7, 11) is -2.84. The van der Waals surface area contributed by atoms with Crippen LogP contribution in [0.15, 0.2) is 18.2 Å². The van der Waals surface area contributed by atoms with E-state index < -0.39 is 15.7 Å². The van der Waals surface area contributed by atoms with E-state index in [4.69, 9.17) is 11.6 Å². The van der Waals surface area contributed by atoms with Crippen LogP contribution in [0.1, 0.15) is 5.56 Å². The Balaban J connectivity index is 1.93. The van der Waals surface area contributed by atoms with Gasteiger partial charge in [-0.1, -0.05) is 23.7 Å². The highest BCUT2D eigenvalue weighted by atomic mass is 35.5. The fraction of sp³-hybridized carbons (Fsp3) is 0.400. The van der Waals surface area contributed by atoms with Crippen molar-refractivity contribution in [3.8, 4) is 0 Å². The molecule has 0 saturated carbocycles. The Morgan fingerprint density at radius 1 is 1.44 bits per heavy atom. The van der Waals surface area contributed by atoms with Gasteiger partial charge in [0.05, 0.1) is 16.5 Å². The van der Waals surface area contributed by atoms with Crippen LogP contribution in [0.4, 0.5) is 4.39 Å². The summed E-state index contributed by atoms with van der Waals surface area (Å²) in [5.74, 6) is -0.177. The number of halogens is 2. The van der Waals surface area contributed by atoms with Crippen molar-refractivity contribution >= 4 is 21.4 Å². The van der Waals surface area contributed by atoms with E-state index in [0.717, 1.165) is 0 Å². The summed E-state index contributed by atoms with van der Waals surface area (Å²) < 4.78 is 35.2. The van der Waals surface area contributed by atoms with Crippen molar-refractivity contribution in [2.45, 2.75) is 12.6 Å². The highest BCUT2D eigenvalue weighted by Gasteiger charge is 2.32. The van der Waals surface area contributed by atoms with E-state index in [-0.39, 0.29) is 22.6 Å². The summed E-state index contributed by atoms with van der Waals surface area (Å²) in [6, 6.07) is 4.71. The molecule has 0 bridgehead atoms. The first-order chi connectivity index (χ1) is 7.48. The van der Waals surface area contributed by atoms with Gasteiger partial charge in [0.1, 0.15) is 5.82 Å². The third-order valence-corrected chi connectivity index (χ3v) is 4.64.